The molecular weight excluding hydrogens is 103 g/mol. The van der Waals surface area contributed by atoms with Crippen molar-refractivity contribution in [2.45, 2.75) is 24.6 Å². The van der Waals surface area contributed by atoms with Crippen molar-refractivity contribution in [2.24, 2.45) is 0 Å². The van der Waals surface area contributed by atoms with Crippen LogP contribution in [0, 0.1) is 0 Å². The van der Waals surface area contributed by atoms with E-state index in [0.717, 1.165) is 19.4 Å². The maximum Gasteiger partial charge on any atom is 0.191 e. The lowest BCUT2D eigenvalue weighted by Gasteiger charge is -2.02. The second-order valence-electron chi connectivity index (χ2n) is 2.39. The Morgan fingerprint density at radius 1 is 1.62 bits per heavy atom. The molecule has 2 aliphatic heterocycles. The molecule has 0 amide bonds. The van der Waals surface area contributed by atoms with Gasteiger partial charge in [0.1, 0.15) is 14.5 Å². The average Bonchev–Trinajstić information content (AvgIpc) is 2.34. The van der Waals surface area contributed by atoms with E-state index in [2.05, 4.69) is 0 Å². The van der Waals surface area contributed by atoms with Crippen molar-refractivity contribution in [3.8, 4) is 0 Å². The normalized spacial score (nSPS) is 52.8. The zero-order valence-electron chi connectivity index (χ0n) is 4.59. The first-order valence-electron chi connectivity index (χ1n) is 2.88. The van der Waals surface area contributed by atoms with Crippen LogP contribution in [0.2, 0.25) is 0 Å². The minimum Gasteiger partial charge on any atom is -0.354 e. The van der Waals surface area contributed by atoms with Gasteiger partial charge in [0, 0.05) is 12.4 Å². The summed E-state index contributed by atoms with van der Waals surface area (Å²) in [6.45, 7) is 0.751. The standard InChI is InChI=1S/C5H7BO2/c6-4-1-2-5(8-4)3-7-5/h4H,1-3H2/t4-,5-/m1/s1. The second-order valence-corrected chi connectivity index (χ2v) is 2.39. The third-order valence-electron chi connectivity index (χ3n) is 1.64. The molecule has 0 saturated carbocycles. The van der Waals surface area contributed by atoms with Gasteiger partial charge in [-0.2, -0.15) is 0 Å². The third kappa shape index (κ3) is 0.582. The smallest absolute Gasteiger partial charge is 0.191 e. The zero-order chi connectivity index (χ0) is 5.61. The van der Waals surface area contributed by atoms with Gasteiger partial charge in [-0.05, 0) is 6.42 Å². The fraction of sp³-hybridized carbons (Fsp3) is 1.00. The highest BCUT2D eigenvalue weighted by Crippen LogP contribution is 2.40. The molecule has 0 aromatic heterocycles. The Morgan fingerprint density at radius 3 is 2.62 bits per heavy atom. The van der Waals surface area contributed by atoms with Crippen molar-refractivity contribution < 1.29 is 9.47 Å². The molecule has 2 atom stereocenters. The predicted molar refractivity (Wildman–Crippen MR) is 28.5 cm³/mol. The SMILES string of the molecule is [B][C@H]1CC[C@]2(CO2)O1. The molecule has 0 unspecified atom stereocenters. The molecule has 8 heavy (non-hydrogen) atoms. The van der Waals surface area contributed by atoms with Gasteiger partial charge in [-0.25, -0.2) is 0 Å². The first kappa shape index (κ1) is 4.83. The summed E-state index contributed by atoms with van der Waals surface area (Å²) in [4.78, 5) is 0. The van der Waals surface area contributed by atoms with Gasteiger partial charge in [0.2, 0.25) is 0 Å². The summed E-state index contributed by atoms with van der Waals surface area (Å²) in [6, 6.07) is -0.0718. The highest BCUT2D eigenvalue weighted by atomic mass is 16.8. The summed E-state index contributed by atoms with van der Waals surface area (Å²) < 4.78 is 10.2. The molecule has 2 fully saturated rings. The Kier molecular flexibility index (Phi) is 0.772. The molecule has 2 radical (unpaired) electrons. The molecular formula is C5H7BO2. The second kappa shape index (κ2) is 1.28. The van der Waals surface area contributed by atoms with Crippen molar-refractivity contribution in [1.82, 2.24) is 0 Å². The summed E-state index contributed by atoms with van der Waals surface area (Å²) in [7, 11) is 5.45. The molecule has 0 aromatic carbocycles. The maximum absolute atomic E-state index is 5.45. The molecule has 2 rings (SSSR count). The van der Waals surface area contributed by atoms with E-state index in [4.69, 9.17) is 17.3 Å². The van der Waals surface area contributed by atoms with Crippen LogP contribution in [0.5, 0.6) is 0 Å². The Morgan fingerprint density at radius 2 is 2.38 bits per heavy atom. The lowest BCUT2D eigenvalue weighted by atomic mass is 9.97. The summed E-state index contributed by atoms with van der Waals surface area (Å²) in [5.74, 6) is -0.209. The van der Waals surface area contributed by atoms with Crippen molar-refractivity contribution in [3.63, 3.8) is 0 Å². The number of rotatable bonds is 0. The highest BCUT2D eigenvalue weighted by Gasteiger charge is 2.50. The van der Waals surface area contributed by atoms with Crippen LogP contribution in [0.15, 0.2) is 0 Å². The molecule has 0 bridgehead atoms. The molecule has 2 heterocycles. The van der Waals surface area contributed by atoms with Gasteiger partial charge in [-0.15, -0.1) is 0 Å². The summed E-state index contributed by atoms with van der Waals surface area (Å²) in [5, 5.41) is 0. The first-order valence-corrected chi connectivity index (χ1v) is 2.88. The zero-order valence-corrected chi connectivity index (χ0v) is 4.59. The molecule has 0 aromatic rings. The largest absolute Gasteiger partial charge is 0.354 e. The van der Waals surface area contributed by atoms with Crippen molar-refractivity contribution in [3.05, 3.63) is 0 Å². The molecule has 0 aliphatic carbocycles. The van der Waals surface area contributed by atoms with Crippen molar-refractivity contribution >= 4 is 7.85 Å². The van der Waals surface area contributed by atoms with Crippen LogP contribution in [0.3, 0.4) is 0 Å². The van der Waals surface area contributed by atoms with E-state index >= 15 is 0 Å². The van der Waals surface area contributed by atoms with Crippen molar-refractivity contribution in [2.75, 3.05) is 6.61 Å². The van der Waals surface area contributed by atoms with Gasteiger partial charge in [0.05, 0.1) is 0 Å². The summed E-state index contributed by atoms with van der Waals surface area (Å²) in [6.07, 6.45) is 1.92. The van der Waals surface area contributed by atoms with Gasteiger partial charge in [0.25, 0.3) is 0 Å². The number of hydrogen-bond acceptors (Lipinski definition) is 2. The maximum atomic E-state index is 5.45. The lowest BCUT2D eigenvalue weighted by Crippen LogP contribution is -2.12. The Balaban J connectivity index is 2.03. The van der Waals surface area contributed by atoms with E-state index in [1.165, 1.54) is 0 Å². The van der Waals surface area contributed by atoms with Crippen LogP contribution < -0.4 is 0 Å². The van der Waals surface area contributed by atoms with Crippen LogP contribution in [-0.4, -0.2) is 26.2 Å². The number of ether oxygens (including phenoxy) is 2. The van der Waals surface area contributed by atoms with E-state index in [9.17, 15) is 0 Å². The van der Waals surface area contributed by atoms with Gasteiger partial charge < -0.3 is 9.47 Å². The topological polar surface area (TPSA) is 21.8 Å². The fourth-order valence-electron chi connectivity index (χ4n) is 1.05. The van der Waals surface area contributed by atoms with Crippen LogP contribution in [-0.2, 0) is 9.47 Å². The molecule has 2 nitrogen and oxygen atoms in total. The van der Waals surface area contributed by atoms with Gasteiger partial charge in [-0.3, -0.25) is 0 Å². The Labute approximate surface area is 49.6 Å². The molecule has 42 valence electrons. The van der Waals surface area contributed by atoms with Crippen LogP contribution in [0.1, 0.15) is 12.8 Å². The number of hydrogen-bond donors (Lipinski definition) is 0. The van der Waals surface area contributed by atoms with Gasteiger partial charge >= 0.3 is 0 Å². The molecule has 2 saturated heterocycles. The van der Waals surface area contributed by atoms with Crippen LogP contribution >= 0.6 is 0 Å². The number of epoxide rings is 1. The van der Waals surface area contributed by atoms with E-state index < -0.39 is 0 Å². The van der Waals surface area contributed by atoms with E-state index in [1.807, 2.05) is 0 Å². The van der Waals surface area contributed by atoms with E-state index in [0.29, 0.717) is 0 Å². The van der Waals surface area contributed by atoms with Gasteiger partial charge in [-0.1, -0.05) is 0 Å². The Hall–Kier alpha value is -0.0151. The minimum absolute atomic E-state index is 0.0718. The Bertz CT molecular complexity index is 111. The predicted octanol–water partition coefficient (Wildman–Crippen LogP) is 0.0179. The molecule has 1 spiro atoms. The van der Waals surface area contributed by atoms with E-state index in [1.54, 1.807) is 0 Å². The van der Waals surface area contributed by atoms with Gasteiger partial charge in [0.15, 0.2) is 5.79 Å². The average molecular weight is 110 g/mol. The lowest BCUT2D eigenvalue weighted by molar-refractivity contribution is -0.0106. The quantitative estimate of drug-likeness (QED) is 0.323. The molecule has 0 N–H and O–H groups in total. The highest BCUT2D eigenvalue weighted by molar-refractivity contribution is 6.11. The summed E-state index contributed by atoms with van der Waals surface area (Å²) >= 11 is 0. The van der Waals surface area contributed by atoms with Crippen LogP contribution in [0.4, 0.5) is 0 Å². The molecule has 3 heteroatoms. The molecule has 2 aliphatic rings. The minimum atomic E-state index is -0.209. The van der Waals surface area contributed by atoms with Crippen molar-refractivity contribution in [1.29, 1.82) is 0 Å². The summed E-state index contributed by atoms with van der Waals surface area (Å²) in [5.41, 5.74) is 0. The fourth-order valence-corrected chi connectivity index (χ4v) is 1.05. The van der Waals surface area contributed by atoms with Crippen LogP contribution in [0.25, 0.3) is 0 Å². The van der Waals surface area contributed by atoms with E-state index in [-0.39, 0.29) is 11.8 Å². The third-order valence-corrected chi connectivity index (χ3v) is 1.64. The monoisotopic (exact) mass is 110 g/mol. The first-order chi connectivity index (χ1) is 3.81.